The van der Waals surface area contributed by atoms with Crippen molar-refractivity contribution in [3.8, 4) is 11.5 Å². The predicted octanol–water partition coefficient (Wildman–Crippen LogP) is 2.58. The van der Waals surface area contributed by atoms with Gasteiger partial charge in [-0.1, -0.05) is 12.1 Å². The summed E-state index contributed by atoms with van der Waals surface area (Å²) in [7, 11) is 0. The molecular formula is C19H19NO5. The zero-order valence-electron chi connectivity index (χ0n) is 13.8. The first-order valence-electron chi connectivity index (χ1n) is 8.10. The number of ether oxygens (including phenoxy) is 2. The number of benzene rings is 2. The van der Waals surface area contributed by atoms with Gasteiger partial charge in [-0.05, 0) is 48.4 Å². The molecule has 1 atom stereocenters. The molecule has 1 unspecified atom stereocenters. The van der Waals surface area contributed by atoms with Crippen molar-refractivity contribution >= 4 is 11.9 Å². The molecule has 0 spiro atoms. The largest absolute Gasteiger partial charge is 0.494 e. The Hall–Kier alpha value is -3.02. The monoisotopic (exact) mass is 341 g/mol. The Balaban J connectivity index is 1.81. The number of fused-ring (bicyclic) bond motifs is 1. The average molecular weight is 341 g/mol. The first-order valence-corrected chi connectivity index (χ1v) is 8.10. The summed E-state index contributed by atoms with van der Waals surface area (Å²) in [5.74, 6) is -0.251. The van der Waals surface area contributed by atoms with Gasteiger partial charge in [-0.3, -0.25) is 4.79 Å². The van der Waals surface area contributed by atoms with E-state index in [0.29, 0.717) is 30.1 Å². The van der Waals surface area contributed by atoms with Crippen LogP contribution in [-0.2, 0) is 11.2 Å². The Kier molecular flexibility index (Phi) is 4.88. The van der Waals surface area contributed by atoms with E-state index in [0.717, 1.165) is 17.7 Å². The van der Waals surface area contributed by atoms with E-state index in [9.17, 15) is 14.7 Å². The van der Waals surface area contributed by atoms with Crippen LogP contribution in [0.5, 0.6) is 11.5 Å². The highest BCUT2D eigenvalue weighted by molar-refractivity contribution is 5.97. The molecule has 130 valence electrons. The molecule has 0 bridgehead atoms. The molecule has 1 aliphatic heterocycles. The van der Waals surface area contributed by atoms with Crippen LogP contribution in [0.15, 0.2) is 42.5 Å². The number of amides is 1. The number of aliphatic carboxylic acids is 1. The minimum Gasteiger partial charge on any atom is -0.494 e. The lowest BCUT2D eigenvalue weighted by molar-refractivity contribution is -0.139. The van der Waals surface area contributed by atoms with Crippen LogP contribution in [0.2, 0.25) is 0 Å². The number of carboxylic acids is 1. The minimum atomic E-state index is -1.13. The van der Waals surface area contributed by atoms with Gasteiger partial charge in [0.15, 0.2) is 6.04 Å². The molecule has 0 saturated heterocycles. The second kappa shape index (κ2) is 7.25. The number of nitrogens with one attached hydrogen (secondary N) is 1. The van der Waals surface area contributed by atoms with E-state index in [1.54, 1.807) is 42.5 Å². The maximum Gasteiger partial charge on any atom is 0.330 e. The van der Waals surface area contributed by atoms with Gasteiger partial charge in [0.1, 0.15) is 11.5 Å². The molecule has 1 amide bonds. The third-order valence-corrected chi connectivity index (χ3v) is 3.98. The summed E-state index contributed by atoms with van der Waals surface area (Å²) in [6.07, 6.45) is 0.736. The van der Waals surface area contributed by atoms with Gasteiger partial charge in [0, 0.05) is 12.0 Å². The summed E-state index contributed by atoms with van der Waals surface area (Å²) in [5.41, 5.74) is 1.82. The lowest BCUT2D eigenvalue weighted by Gasteiger charge is -2.16. The minimum absolute atomic E-state index is 0.349. The molecule has 2 N–H and O–H groups in total. The summed E-state index contributed by atoms with van der Waals surface area (Å²) in [5, 5.41) is 12.1. The Morgan fingerprint density at radius 3 is 2.88 bits per heavy atom. The second-order valence-electron chi connectivity index (χ2n) is 5.67. The molecule has 0 fully saturated rings. The fourth-order valence-electron chi connectivity index (χ4n) is 2.78. The van der Waals surface area contributed by atoms with E-state index in [1.165, 1.54) is 0 Å². The van der Waals surface area contributed by atoms with Crippen molar-refractivity contribution in [2.45, 2.75) is 19.4 Å². The number of carboxylic acid groups (broad SMARTS) is 1. The van der Waals surface area contributed by atoms with Crippen LogP contribution in [-0.4, -0.2) is 30.2 Å². The summed E-state index contributed by atoms with van der Waals surface area (Å²) >= 11 is 0. The SMILES string of the molecule is CCOc1cccc(C(=O)NC(C(=O)O)c2ccc3c(c2)CCO3)c1. The molecule has 1 aliphatic rings. The topological polar surface area (TPSA) is 84.9 Å². The fraction of sp³-hybridized carbons (Fsp3) is 0.263. The second-order valence-corrected chi connectivity index (χ2v) is 5.67. The Bertz CT molecular complexity index is 802. The summed E-state index contributed by atoms with van der Waals surface area (Å²) in [4.78, 5) is 24.1. The van der Waals surface area contributed by atoms with Gasteiger partial charge in [0.05, 0.1) is 13.2 Å². The third-order valence-electron chi connectivity index (χ3n) is 3.98. The maximum atomic E-state index is 12.5. The van der Waals surface area contributed by atoms with Crippen molar-refractivity contribution in [1.29, 1.82) is 0 Å². The van der Waals surface area contributed by atoms with Crippen molar-refractivity contribution in [3.63, 3.8) is 0 Å². The van der Waals surface area contributed by atoms with Gasteiger partial charge >= 0.3 is 5.97 Å². The number of carbonyl (C=O) groups excluding carboxylic acids is 1. The van der Waals surface area contributed by atoms with E-state index >= 15 is 0 Å². The van der Waals surface area contributed by atoms with E-state index in [4.69, 9.17) is 9.47 Å². The van der Waals surface area contributed by atoms with Gasteiger partial charge in [0.2, 0.25) is 0 Å². The van der Waals surface area contributed by atoms with Gasteiger partial charge < -0.3 is 19.9 Å². The van der Waals surface area contributed by atoms with Crippen molar-refractivity contribution in [3.05, 3.63) is 59.2 Å². The molecule has 25 heavy (non-hydrogen) atoms. The number of hydrogen-bond acceptors (Lipinski definition) is 4. The van der Waals surface area contributed by atoms with Gasteiger partial charge in [-0.25, -0.2) is 4.79 Å². The molecule has 0 saturated carbocycles. The fourth-order valence-corrected chi connectivity index (χ4v) is 2.78. The van der Waals surface area contributed by atoms with Crippen molar-refractivity contribution in [2.24, 2.45) is 0 Å². The lowest BCUT2D eigenvalue weighted by Crippen LogP contribution is -2.33. The first-order chi connectivity index (χ1) is 12.1. The normalized spacial score (nSPS) is 13.5. The van der Waals surface area contributed by atoms with Crippen LogP contribution in [0.1, 0.15) is 34.5 Å². The van der Waals surface area contributed by atoms with E-state index in [1.807, 2.05) is 6.92 Å². The molecular weight excluding hydrogens is 322 g/mol. The molecule has 0 aromatic heterocycles. The van der Waals surface area contributed by atoms with Crippen molar-refractivity contribution in [2.75, 3.05) is 13.2 Å². The van der Waals surface area contributed by atoms with E-state index in [-0.39, 0.29) is 0 Å². The highest BCUT2D eigenvalue weighted by Gasteiger charge is 2.25. The molecule has 2 aromatic carbocycles. The quantitative estimate of drug-likeness (QED) is 0.843. The van der Waals surface area contributed by atoms with Crippen LogP contribution in [0.4, 0.5) is 0 Å². The Labute approximate surface area is 145 Å². The van der Waals surface area contributed by atoms with Crippen molar-refractivity contribution in [1.82, 2.24) is 5.32 Å². The van der Waals surface area contributed by atoms with Crippen LogP contribution in [0.25, 0.3) is 0 Å². The lowest BCUT2D eigenvalue weighted by atomic mass is 10.0. The summed E-state index contributed by atoms with van der Waals surface area (Å²) < 4.78 is 10.8. The van der Waals surface area contributed by atoms with E-state index in [2.05, 4.69) is 5.32 Å². The van der Waals surface area contributed by atoms with Crippen LogP contribution in [0, 0.1) is 0 Å². The molecule has 1 heterocycles. The molecule has 6 heteroatoms. The Morgan fingerprint density at radius 1 is 1.28 bits per heavy atom. The van der Waals surface area contributed by atoms with E-state index < -0.39 is 17.9 Å². The molecule has 6 nitrogen and oxygen atoms in total. The van der Waals surface area contributed by atoms with Gasteiger partial charge in [-0.2, -0.15) is 0 Å². The third kappa shape index (κ3) is 3.74. The molecule has 3 rings (SSSR count). The average Bonchev–Trinajstić information content (AvgIpc) is 3.07. The summed E-state index contributed by atoms with van der Waals surface area (Å²) in [6.45, 7) is 2.93. The number of carbonyl (C=O) groups is 2. The predicted molar refractivity (Wildman–Crippen MR) is 91.1 cm³/mol. The van der Waals surface area contributed by atoms with Gasteiger partial charge in [-0.15, -0.1) is 0 Å². The Morgan fingerprint density at radius 2 is 2.12 bits per heavy atom. The highest BCUT2D eigenvalue weighted by atomic mass is 16.5. The van der Waals surface area contributed by atoms with Gasteiger partial charge in [0.25, 0.3) is 5.91 Å². The number of hydrogen-bond donors (Lipinski definition) is 2. The molecule has 0 aliphatic carbocycles. The maximum absolute atomic E-state index is 12.5. The molecule has 0 radical (unpaired) electrons. The standard InChI is InChI=1S/C19H19NO5/c1-2-24-15-5-3-4-14(11-15)18(21)20-17(19(22)23)13-6-7-16-12(10-13)8-9-25-16/h3-7,10-11,17H,2,8-9H2,1H3,(H,20,21)(H,22,23). The smallest absolute Gasteiger partial charge is 0.330 e. The zero-order valence-corrected chi connectivity index (χ0v) is 13.8. The van der Waals surface area contributed by atoms with Crippen LogP contribution >= 0.6 is 0 Å². The van der Waals surface area contributed by atoms with Crippen molar-refractivity contribution < 1.29 is 24.2 Å². The zero-order chi connectivity index (χ0) is 17.8. The van der Waals surface area contributed by atoms with Crippen LogP contribution < -0.4 is 14.8 Å². The highest BCUT2D eigenvalue weighted by Crippen LogP contribution is 2.28. The first kappa shape index (κ1) is 16.8. The molecule has 2 aromatic rings. The summed E-state index contributed by atoms with van der Waals surface area (Å²) in [6, 6.07) is 10.7. The van der Waals surface area contributed by atoms with Crippen LogP contribution in [0.3, 0.4) is 0 Å². The number of rotatable bonds is 6.